The number of nitrogens with zero attached hydrogens (tertiary/aromatic N) is 1. The maximum Gasteiger partial charge on any atom is 0.235 e. The van der Waals surface area contributed by atoms with Crippen LogP contribution in [0.1, 0.15) is 61.9 Å². The first kappa shape index (κ1) is 21.3. The van der Waals surface area contributed by atoms with E-state index >= 15 is 0 Å². The molecule has 7 heteroatoms. The van der Waals surface area contributed by atoms with Crippen LogP contribution in [0.5, 0.6) is 0 Å². The third-order valence-electron chi connectivity index (χ3n) is 6.70. The van der Waals surface area contributed by atoms with Gasteiger partial charge in [-0.15, -0.1) is 0 Å². The molecular weight excluding hydrogens is 427 g/mol. The van der Waals surface area contributed by atoms with Gasteiger partial charge in [0.05, 0.1) is 16.6 Å². The van der Waals surface area contributed by atoms with E-state index in [1.165, 1.54) is 12.1 Å². The van der Waals surface area contributed by atoms with Crippen LogP contribution in [0.3, 0.4) is 0 Å². The lowest BCUT2D eigenvalue weighted by Gasteiger charge is -2.22. The Hall–Kier alpha value is -2.54. The number of aromatic nitrogens is 1. The number of fused-ring (bicyclic) bond motifs is 1. The number of nitrogens with one attached hydrogen (secondary N) is 1. The van der Waals surface area contributed by atoms with Crippen molar-refractivity contribution in [2.45, 2.75) is 63.0 Å². The number of rotatable bonds is 7. The van der Waals surface area contributed by atoms with Gasteiger partial charge in [-0.3, -0.25) is 14.5 Å². The summed E-state index contributed by atoms with van der Waals surface area (Å²) in [6.07, 6.45) is 11.0. The molecular formula is C25H27FN2O3S. The van der Waals surface area contributed by atoms with Crippen molar-refractivity contribution < 1.29 is 17.6 Å². The summed E-state index contributed by atoms with van der Waals surface area (Å²) in [4.78, 5) is 17.0. The molecule has 0 spiro atoms. The first-order valence-electron chi connectivity index (χ1n) is 11.4. The highest BCUT2D eigenvalue weighted by molar-refractivity contribution is 7.93. The van der Waals surface area contributed by atoms with E-state index in [1.807, 2.05) is 18.2 Å². The van der Waals surface area contributed by atoms with Crippen molar-refractivity contribution >= 4 is 27.6 Å². The number of sulfonamides is 1. The molecule has 32 heavy (non-hydrogen) atoms. The predicted molar refractivity (Wildman–Crippen MR) is 123 cm³/mol. The van der Waals surface area contributed by atoms with Crippen LogP contribution in [-0.4, -0.2) is 24.4 Å². The SMILES string of the molecule is O=C(Cc1cc(-c2ccc(NS(=O)(=O)C3CCCCC3)c(F)c2)c2c(n1)CC=C2)C1CC1. The van der Waals surface area contributed by atoms with Crippen LogP contribution in [-0.2, 0) is 27.7 Å². The van der Waals surface area contributed by atoms with E-state index in [0.29, 0.717) is 36.9 Å². The number of carbonyl (C=O) groups excluding carboxylic acids is 1. The molecule has 0 amide bonds. The molecule has 0 bridgehead atoms. The van der Waals surface area contributed by atoms with Crippen LogP contribution in [0, 0.1) is 11.7 Å². The van der Waals surface area contributed by atoms with Gasteiger partial charge in [-0.1, -0.05) is 37.5 Å². The van der Waals surface area contributed by atoms with E-state index in [1.54, 1.807) is 6.07 Å². The van der Waals surface area contributed by atoms with Crippen molar-refractivity contribution in [3.63, 3.8) is 0 Å². The zero-order valence-corrected chi connectivity index (χ0v) is 18.8. The molecule has 5 rings (SSSR count). The standard InChI is InChI=1S/C25H27FN2O3S/c26-22-13-17(11-12-24(22)28-32(30,31)19-5-2-1-3-6-19)21-14-18(15-25(29)16-9-10-16)27-23-8-4-7-20(21)23/h4,7,11-14,16,19,28H,1-3,5-6,8-10,15H2. The second-order valence-corrected chi connectivity index (χ2v) is 11.1. The molecule has 2 aromatic rings. The normalized spacial score (nSPS) is 18.5. The summed E-state index contributed by atoms with van der Waals surface area (Å²) >= 11 is 0. The minimum Gasteiger partial charge on any atom is -0.299 e. The Morgan fingerprint density at radius 1 is 1.09 bits per heavy atom. The van der Waals surface area contributed by atoms with Crippen LogP contribution < -0.4 is 4.72 Å². The summed E-state index contributed by atoms with van der Waals surface area (Å²) in [6, 6.07) is 6.46. The molecule has 0 saturated heterocycles. The molecule has 1 aromatic heterocycles. The van der Waals surface area contributed by atoms with E-state index in [-0.39, 0.29) is 17.4 Å². The third-order valence-corrected chi connectivity index (χ3v) is 8.55. The zero-order chi connectivity index (χ0) is 22.3. The van der Waals surface area contributed by atoms with Gasteiger partial charge in [-0.2, -0.15) is 0 Å². The average Bonchev–Trinajstić information content (AvgIpc) is 3.53. The first-order valence-corrected chi connectivity index (χ1v) is 13.0. The number of halogens is 1. The van der Waals surface area contributed by atoms with Gasteiger partial charge in [0.1, 0.15) is 11.6 Å². The van der Waals surface area contributed by atoms with E-state index in [4.69, 9.17) is 0 Å². The Balaban J connectivity index is 1.42. The zero-order valence-electron chi connectivity index (χ0n) is 17.9. The summed E-state index contributed by atoms with van der Waals surface area (Å²) in [5, 5.41) is -0.463. The monoisotopic (exact) mass is 454 g/mol. The summed E-state index contributed by atoms with van der Waals surface area (Å²) < 4.78 is 42.9. The largest absolute Gasteiger partial charge is 0.299 e. The molecule has 1 N–H and O–H groups in total. The number of ketones is 1. The molecule has 2 fully saturated rings. The molecule has 0 unspecified atom stereocenters. The van der Waals surface area contributed by atoms with E-state index in [9.17, 15) is 17.6 Å². The highest BCUT2D eigenvalue weighted by atomic mass is 32.2. The maximum absolute atomic E-state index is 15.0. The number of hydrogen-bond donors (Lipinski definition) is 1. The smallest absolute Gasteiger partial charge is 0.235 e. The van der Waals surface area contributed by atoms with Crippen LogP contribution in [0.4, 0.5) is 10.1 Å². The van der Waals surface area contributed by atoms with Gasteiger partial charge in [-0.05, 0) is 55.0 Å². The maximum atomic E-state index is 15.0. The van der Waals surface area contributed by atoms with Gasteiger partial charge >= 0.3 is 0 Å². The number of pyridine rings is 1. The summed E-state index contributed by atoms with van der Waals surface area (Å²) in [6.45, 7) is 0. The second-order valence-electron chi connectivity index (χ2n) is 9.15. The lowest BCUT2D eigenvalue weighted by atomic mass is 9.97. The molecule has 168 valence electrons. The Morgan fingerprint density at radius 3 is 2.59 bits per heavy atom. The third kappa shape index (κ3) is 4.35. The highest BCUT2D eigenvalue weighted by Gasteiger charge is 2.30. The van der Waals surface area contributed by atoms with Crippen molar-refractivity contribution in [3.8, 4) is 11.1 Å². The van der Waals surface area contributed by atoms with Crippen molar-refractivity contribution in [1.82, 2.24) is 4.98 Å². The number of benzene rings is 1. The van der Waals surface area contributed by atoms with Crippen LogP contribution in [0.2, 0.25) is 0 Å². The van der Waals surface area contributed by atoms with Gasteiger partial charge in [-0.25, -0.2) is 12.8 Å². The number of carbonyl (C=O) groups is 1. The highest BCUT2D eigenvalue weighted by Crippen LogP contribution is 2.35. The lowest BCUT2D eigenvalue weighted by molar-refractivity contribution is -0.119. The topological polar surface area (TPSA) is 76.1 Å². The number of allylic oxidation sites excluding steroid dienone is 1. The van der Waals surface area contributed by atoms with Crippen molar-refractivity contribution in [2.24, 2.45) is 5.92 Å². The first-order chi connectivity index (χ1) is 15.4. The number of anilines is 1. The molecule has 3 aliphatic rings. The average molecular weight is 455 g/mol. The summed E-state index contributed by atoms with van der Waals surface area (Å²) in [7, 11) is -3.62. The molecule has 1 aromatic carbocycles. The van der Waals surface area contributed by atoms with E-state index in [2.05, 4.69) is 9.71 Å². The molecule has 0 radical (unpaired) electrons. The van der Waals surface area contributed by atoms with E-state index < -0.39 is 21.1 Å². The van der Waals surface area contributed by atoms with Crippen LogP contribution >= 0.6 is 0 Å². The molecule has 2 saturated carbocycles. The molecule has 5 nitrogen and oxygen atoms in total. The van der Waals surface area contributed by atoms with Crippen molar-refractivity contribution in [3.05, 3.63) is 53.1 Å². The van der Waals surface area contributed by atoms with E-state index in [0.717, 1.165) is 48.9 Å². The number of hydrogen-bond acceptors (Lipinski definition) is 4. The van der Waals surface area contributed by atoms with Gasteiger partial charge in [0.25, 0.3) is 0 Å². The quantitative estimate of drug-likeness (QED) is 0.635. The van der Waals surface area contributed by atoms with Crippen molar-refractivity contribution in [2.75, 3.05) is 4.72 Å². The fourth-order valence-electron chi connectivity index (χ4n) is 4.73. The fourth-order valence-corrected chi connectivity index (χ4v) is 6.32. The number of Topliss-reactive ketones (excluding diaryl/α,β-unsaturated/α-hetero) is 1. The summed E-state index contributed by atoms with van der Waals surface area (Å²) in [5.74, 6) is -0.224. The molecule has 1 heterocycles. The lowest BCUT2D eigenvalue weighted by Crippen LogP contribution is -2.30. The fraction of sp³-hybridized carbons (Fsp3) is 0.440. The Kier molecular flexibility index (Phi) is 5.61. The Bertz CT molecular complexity index is 1200. The van der Waals surface area contributed by atoms with Gasteiger partial charge in [0.15, 0.2) is 0 Å². The van der Waals surface area contributed by atoms with Crippen molar-refractivity contribution in [1.29, 1.82) is 0 Å². The van der Waals surface area contributed by atoms with Gasteiger partial charge < -0.3 is 0 Å². The van der Waals surface area contributed by atoms with Gasteiger partial charge in [0, 0.05) is 30.0 Å². The minimum atomic E-state index is -3.62. The Labute approximate surface area is 188 Å². The van der Waals surface area contributed by atoms with Gasteiger partial charge in [0.2, 0.25) is 10.0 Å². The molecule has 0 atom stereocenters. The molecule has 0 aliphatic heterocycles. The van der Waals surface area contributed by atoms with Crippen LogP contribution in [0.15, 0.2) is 30.3 Å². The minimum absolute atomic E-state index is 0.0234. The predicted octanol–water partition coefficient (Wildman–Crippen LogP) is 5.05. The molecule has 3 aliphatic carbocycles. The Morgan fingerprint density at radius 2 is 1.88 bits per heavy atom. The summed E-state index contributed by atoms with van der Waals surface area (Å²) in [5.41, 5.74) is 3.98. The van der Waals surface area contributed by atoms with Crippen LogP contribution in [0.25, 0.3) is 17.2 Å². The second kappa shape index (κ2) is 8.43.